The first-order valence-corrected chi connectivity index (χ1v) is 10.1. The normalized spacial score (nSPS) is 16.0. The Morgan fingerprint density at radius 2 is 1.74 bits per heavy atom. The van der Waals surface area contributed by atoms with Gasteiger partial charge in [0.05, 0.1) is 4.90 Å². The summed E-state index contributed by atoms with van der Waals surface area (Å²) < 4.78 is 32.2. The quantitative estimate of drug-likeness (QED) is 0.691. The van der Waals surface area contributed by atoms with Gasteiger partial charge < -0.3 is 9.32 Å². The summed E-state index contributed by atoms with van der Waals surface area (Å²) >= 11 is 0. The van der Waals surface area contributed by atoms with Gasteiger partial charge in [-0.15, -0.1) is 0 Å². The predicted octanol–water partition coefficient (Wildman–Crippen LogP) is 2.28. The number of fused-ring (bicyclic) bond motifs is 1. The van der Waals surface area contributed by atoms with Crippen LogP contribution >= 0.6 is 0 Å². The summed E-state index contributed by atoms with van der Waals surface area (Å²) in [5, 5.41) is 0. The van der Waals surface area contributed by atoms with Crippen LogP contribution in [0.25, 0.3) is 11.1 Å². The van der Waals surface area contributed by atoms with Crippen LogP contribution in [0.4, 0.5) is 0 Å². The van der Waals surface area contributed by atoms with E-state index in [1.807, 2.05) is 6.92 Å². The molecule has 0 aliphatic carbocycles. The molecule has 0 bridgehead atoms. The van der Waals surface area contributed by atoms with Gasteiger partial charge >= 0.3 is 0 Å². The van der Waals surface area contributed by atoms with Crippen molar-refractivity contribution in [1.82, 2.24) is 14.2 Å². The number of hydrogen-bond donors (Lipinski definition) is 0. The van der Waals surface area contributed by atoms with Crippen molar-refractivity contribution in [2.24, 2.45) is 0 Å². The number of nitrogens with zero attached hydrogens (tertiary/aromatic N) is 3. The Bertz CT molecular complexity index is 1080. The molecule has 1 aliphatic rings. The van der Waals surface area contributed by atoms with Gasteiger partial charge in [-0.3, -0.25) is 4.79 Å². The topological polar surface area (TPSA) is 83.7 Å². The highest BCUT2D eigenvalue weighted by Crippen LogP contribution is 2.20. The van der Waals surface area contributed by atoms with Gasteiger partial charge in [-0.2, -0.15) is 4.31 Å². The number of hydrogen-bond acceptors (Lipinski definition) is 5. The van der Waals surface area contributed by atoms with Crippen molar-refractivity contribution >= 4 is 27.0 Å². The SMILES string of the molecule is Cc1ccc(S(=O)(=O)N2CCN(C(=O)c3ccc4ocnc4c3)CC2)cc1. The first-order chi connectivity index (χ1) is 12.9. The Morgan fingerprint density at radius 1 is 1.04 bits per heavy atom. The van der Waals surface area contributed by atoms with Crippen LogP contribution in [0.5, 0.6) is 0 Å². The molecule has 0 spiro atoms. The van der Waals surface area contributed by atoms with Crippen molar-refractivity contribution in [1.29, 1.82) is 0 Å². The van der Waals surface area contributed by atoms with Crippen LogP contribution in [0.1, 0.15) is 15.9 Å². The number of carbonyl (C=O) groups is 1. The van der Waals surface area contributed by atoms with Gasteiger partial charge in [-0.05, 0) is 37.3 Å². The number of carbonyl (C=O) groups excluding carboxylic acids is 1. The lowest BCUT2D eigenvalue weighted by Crippen LogP contribution is -2.50. The third-order valence-corrected chi connectivity index (χ3v) is 6.67. The van der Waals surface area contributed by atoms with E-state index >= 15 is 0 Å². The molecule has 1 amide bonds. The molecule has 27 heavy (non-hydrogen) atoms. The minimum atomic E-state index is -3.54. The second-order valence-electron chi connectivity index (χ2n) is 6.54. The third-order valence-electron chi connectivity index (χ3n) is 4.76. The highest BCUT2D eigenvalue weighted by molar-refractivity contribution is 7.89. The Morgan fingerprint density at radius 3 is 2.44 bits per heavy atom. The van der Waals surface area contributed by atoms with E-state index in [4.69, 9.17) is 4.42 Å². The fraction of sp³-hybridized carbons (Fsp3) is 0.263. The number of amides is 1. The van der Waals surface area contributed by atoms with E-state index in [0.717, 1.165) is 5.56 Å². The summed E-state index contributed by atoms with van der Waals surface area (Å²) in [6.45, 7) is 3.15. The molecule has 0 saturated carbocycles. The Kier molecular flexibility index (Phi) is 4.45. The van der Waals surface area contributed by atoms with Crippen LogP contribution in [-0.4, -0.2) is 54.7 Å². The zero-order chi connectivity index (χ0) is 19.0. The van der Waals surface area contributed by atoms with Crippen LogP contribution in [-0.2, 0) is 10.0 Å². The molecular weight excluding hydrogens is 366 g/mol. The van der Waals surface area contributed by atoms with Crippen molar-refractivity contribution in [3.05, 3.63) is 60.0 Å². The van der Waals surface area contributed by atoms with E-state index in [1.54, 1.807) is 47.4 Å². The molecule has 4 rings (SSSR count). The molecule has 0 atom stereocenters. The smallest absolute Gasteiger partial charge is 0.254 e. The molecule has 7 nitrogen and oxygen atoms in total. The minimum Gasteiger partial charge on any atom is -0.443 e. The van der Waals surface area contributed by atoms with E-state index in [-0.39, 0.29) is 23.9 Å². The lowest BCUT2D eigenvalue weighted by atomic mass is 10.1. The molecule has 0 unspecified atom stereocenters. The van der Waals surface area contributed by atoms with Crippen LogP contribution in [0.15, 0.2) is 58.2 Å². The number of aryl methyl sites for hydroxylation is 1. The van der Waals surface area contributed by atoms with E-state index in [9.17, 15) is 13.2 Å². The van der Waals surface area contributed by atoms with Gasteiger partial charge in [-0.1, -0.05) is 17.7 Å². The summed E-state index contributed by atoms with van der Waals surface area (Å²) in [4.78, 5) is 18.7. The highest BCUT2D eigenvalue weighted by atomic mass is 32.2. The lowest BCUT2D eigenvalue weighted by molar-refractivity contribution is 0.0698. The molecule has 1 aromatic heterocycles. The van der Waals surface area contributed by atoms with E-state index < -0.39 is 10.0 Å². The van der Waals surface area contributed by atoms with Crippen LogP contribution in [0, 0.1) is 6.92 Å². The molecule has 2 heterocycles. The molecular formula is C19H19N3O4S. The van der Waals surface area contributed by atoms with Gasteiger partial charge in [0, 0.05) is 31.7 Å². The fourth-order valence-corrected chi connectivity index (χ4v) is 4.59. The molecule has 1 fully saturated rings. The maximum Gasteiger partial charge on any atom is 0.254 e. The fourth-order valence-electron chi connectivity index (χ4n) is 3.16. The van der Waals surface area contributed by atoms with Crippen LogP contribution in [0.2, 0.25) is 0 Å². The summed E-state index contributed by atoms with van der Waals surface area (Å²) in [5.74, 6) is -0.132. The molecule has 140 valence electrons. The van der Waals surface area contributed by atoms with Crippen LogP contribution in [0.3, 0.4) is 0 Å². The number of rotatable bonds is 3. The molecule has 2 aromatic carbocycles. The van der Waals surface area contributed by atoms with Gasteiger partial charge in [0.25, 0.3) is 5.91 Å². The number of benzene rings is 2. The van der Waals surface area contributed by atoms with Gasteiger partial charge in [0.15, 0.2) is 12.0 Å². The zero-order valence-electron chi connectivity index (χ0n) is 14.8. The number of piperazine rings is 1. The maximum atomic E-state index is 12.8. The first-order valence-electron chi connectivity index (χ1n) is 8.64. The maximum absolute atomic E-state index is 12.8. The average Bonchev–Trinajstić information content (AvgIpc) is 3.15. The Labute approximate surface area is 157 Å². The standard InChI is InChI=1S/C19H19N3O4S/c1-14-2-5-16(6-3-14)27(24,25)22-10-8-21(9-11-22)19(23)15-4-7-18-17(12-15)20-13-26-18/h2-7,12-13H,8-11H2,1H3. The van der Waals surface area contributed by atoms with Gasteiger partial charge in [0.2, 0.25) is 10.0 Å². The number of sulfonamides is 1. The lowest BCUT2D eigenvalue weighted by Gasteiger charge is -2.34. The van der Waals surface area contributed by atoms with E-state index in [0.29, 0.717) is 29.8 Å². The minimum absolute atomic E-state index is 0.132. The second kappa shape index (κ2) is 6.79. The van der Waals surface area contributed by atoms with E-state index in [2.05, 4.69) is 4.98 Å². The monoisotopic (exact) mass is 385 g/mol. The van der Waals surface area contributed by atoms with Gasteiger partial charge in [0.1, 0.15) is 5.52 Å². The van der Waals surface area contributed by atoms with Gasteiger partial charge in [-0.25, -0.2) is 13.4 Å². The summed E-state index contributed by atoms with van der Waals surface area (Å²) in [5.41, 5.74) is 2.78. The molecule has 0 N–H and O–H groups in total. The third kappa shape index (κ3) is 3.33. The molecule has 1 aliphatic heterocycles. The number of oxazole rings is 1. The van der Waals surface area contributed by atoms with Crippen molar-refractivity contribution < 1.29 is 17.6 Å². The summed E-state index contributed by atoms with van der Waals surface area (Å²) in [6.07, 6.45) is 1.34. The van der Waals surface area contributed by atoms with Crippen molar-refractivity contribution in [3.63, 3.8) is 0 Å². The summed E-state index contributed by atoms with van der Waals surface area (Å²) in [6, 6.07) is 11.9. The Hall–Kier alpha value is -2.71. The second-order valence-corrected chi connectivity index (χ2v) is 8.48. The molecule has 1 saturated heterocycles. The summed E-state index contributed by atoms with van der Waals surface area (Å²) in [7, 11) is -3.54. The highest BCUT2D eigenvalue weighted by Gasteiger charge is 2.30. The first kappa shape index (κ1) is 17.7. The molecule has 3 aromatic rings. The van der Waals surface area contributed by atoms with E-state index in [1.165, 1.54) is 10.7 Å². The number of aromatic nitrogens is 1. The largest absolute Gasteiger partial charge is 0.443 e. The molecule has 0 radical (unpaired) electrons. The average molecular weight is 385 g/mol. The van der Waals surface area contributed by atoms with Crippen LogP contribution < -0.4 is 0 Å². The van der Waals surface area contributed by atoms with Crippen molar-refractivity contribution in [2.45, 2.75) is 11.8 Å². The zero-order valence-corrected chi connectivity index (χ0v) is 15.6. The predicted molar refractivity (Wildman–Crippen MR) is 99.9 cm³/mol. The van der Waals surface area contributed by atoms with Crippen molar-refractivity contribution in [2.75, 3.05) is 26.2 Å². The van der Waals surface area contributed by atoms with Crippen molar-refractivity contribution in [3.8, 4) is 0 Å². The molecule has 8 heteroatoms. The Balaban J connectivity index is 1.46.